The van der Waals surface area contributed by atoms with Crippen molar-refractivity contribution >= 4 is 17.7 Å². The molecule has 2 heterocycles. The highest BCUT2D eigenvalue weighted by molar-refractivity contribution is 5.98. The van der Waals surface area contributed by atoms with Crippen LogP contribution >= 0.6 is 0 Å². The van der Waals surface area contributed by atoms with Crippen molar-refractivity contribution in [2.45, 2.75) is 51.7 Å². The zero-order valence-corrected chi connectivity index (χ0v) is 15.2. The first kappa shape index (κ1) is 18.4. The Morgan fingerprint density at radius 3 is 2.77 bits per heavy atom. The predicted octanol–water partition coefficient (Wildman–Crippen LogP) is 1.38. The fraction of sp³-hybridized carbons (Fsp3) is 0.526. The van der Waals surface area contributed by atoms with Crippen LogP contribution in [-0.2, 0) is 9.59 Å². The molecule has 0 aromatic heterocycles. The van der Waals surface area contributed by atoms with Gasteiger partial charge in [0.15, 0.2) is 0 Å². The molecule has 1 aromatic rings. The van der Waals surface area contributed by atoms with E-state index in [9.17, 15) is 18.8 Å². The second kappa shape index (κ2) is 7.05. The average molecular weight is 361 g/mol. The number of fused-ring (bicyclic) bond motifs is 1. The Labute approximate surface area is 152 Å². The number of piperazine rings is 1. The lowest BCUT2D eigenvalue weighted by molar-refractivity contribution is -0.147. The molecular formula is C19H24FN3O3. The van der Waals surface area contributed by atoms with Gasteiger partial charge in [-0.05, 0) is 43.4 Å². The lowest BCUT2D eigenvalue weighted by Crippen LogP contribution is -2.61. The molecule has 26 heavy (non-hydrogen) atoms. The third-order valence-electron chi connectivity index (χ3n) is 4.98. The van der Waals surface area contributed by atoms with Crippen molar-refractivity contribution in [1.29, 1.82) is 0 Å². The zero-order chi connectivity index (χ0) is 19.0. The monoisotopic (exact) mass is 361 g/mol. The largest absolute Gasteiger partial charge is 0.347 e. The van der Waals surface area contributed by atoms with E-state index >= 15 is 0 Å². The third-order valence-corrected chi connectivity index (χ3v) is 4.98. The van der Waals surface area contributed by atoms with Gasteiger partial charge in [-0.3, -0.25) is 14.4 Å². The van der Waals surface area contributed by atoms with E-state index in [1.807, 2.05) is 13.8 Å². The molecular weight excluding hydrogens is 337 g/mol. The van der Waals surface area contributed by atoms with E-state index in [4.69, 9.17) is 0 Å². The summed E-state index contributed by atoms with van der Waals surface area (Å²) in [5.41, 5.74) is 0.699. The Hall–Kier alpha value is -2.44. The van der Waals surface area contributed by atoms with Crippen LogP contribution in [0, 0.1) is 18.7 Å². The van der Waals surface area contributed by atoms with E-state index in [-0.39, 0.29) is 29.3 Å². The highest BCUT2D eigenvalue weighted by Crippen LogP contribution is 2.25. The number of nitrogens with one attached hydrogen (secondary N) is 2. The van der Waals surface area contributed by atoms with Gasteiger partial charge < -0.3 is 15.5 Å². The number of nitrogens with zero attached hydrogens (tertiary/aromatic N) is 1. The van der Waals surface area contributed by atoms with Crippen LogP contribution in [0.3, 0.4) is 0 Å². The first-order chi connectivity index (χ1) is 12.3. The number of carbonyl (C=O) groups excluding carboxylic acids is 3. The van der Waals surface area contributed by atoms with Crippen molar-refractivity contribution in [2.24, 2.45) is 5.92 Å². The second-order valence-corrected chi connectivity index (χ2v) is 7.57. The Bertz CT molecular complexity index is 750. The Morgan fingerprint density at radius 2 is 2.12 bits per heavy atom. The number of halogens is 1. The van der Waals surface area contributed by atoms with Gasteiger partial charge in [-0.15, -0.1) is 0 Å². The van der Waals surface area contributed by atoms with E-state index < -0.39 is 23.8 Å². The summed E-state index contributed by atoms with van der Waals surface area (Å²) in [6, 6.07) is 2.93. The van der Waals surface area contributed by atoms with Crippen molar-refractivity contribution < 1.29 is 18.8 Å². The molecule has 0 saturated carbocycles. The summed E-state index contributed by atoms with van der Waals surface area (Å²) in [6.07, 6.45) is 0.958. The molecule has 2 fully saturated rings. The van der Waals surface area contributed by atoms with E-state index in [2.05, 4.69) is 10.6 Å². The minimum absolute atomic E-state index is 0.0959. The molecule has 0 aliphatic carbocycles. The topological polar surface area (TPSA) is 78.5 Å². The molecule has 2 aliphatic rings. The van der Waals surface area contributed by atoms with Gasteiger partial charge in [0.05, 0.1) is 0 Å². The van der Waals surface area contributed by atoms with Crippen molar-refractivity contribution in [1.82, 2.24) is 15.5 Å². The van der Waals surface area contributed by atoms with Crippen LogP contribution in [0.4, 0.5) is 4.39 Å². The Morgan fingerprint density at radius 1 is 1.38 bits per heavy atom. The maximum absolute atomic E-state index is 13.7. The third kappa shape index (κ3) is 3.57. The lowest BCUT2D eigenvalue weighted by Gasteiger charge is -2.35. The summed E-state index contributed by atoms with van der Waals surface area (Å²) in [5, 5.41) is 5.61. The predicted molar refractivity (Wildman–Crippen MR) is 93.9 cm³/mol. The van der Waals surface area contributed by atoms with Crippen LogP contribution in [0.25, 0.3) is 0 Å². The zero-order valence-electron chi connectivity index (χ0n) is 15.2. The number of carbonyl (C=O) groups is 3. The molecule has 1 aromatic carbocycles. The molecule has 3 atom stereocenters. The summed E-state index contributed by atoms with van der Waals surface area (Å²) in [4.78, 5) is 38.9. The van der Waals surface area contributed by atoms with Crippen LogP contribution in [0.15, 0.2) is 18.2 Å². The molecule has 140 valence electrons. The van der Waals surface area contributed by atoms with Crippen molar-refractivity contribution in [3.63, 3.8) is 0 Å². The number of amides is 3. The minimum atomic E-state index is -0.550. The molecule has 3 rings (SSSR count). The van der Waals surface area contributed by atoms with Crippen LogP contribution in [-0.4, -0.2) is 47.3 Å². The van der Waals surface area contributed by atoms with Crippen LogP contribution in [0.2, 0.25) is 0 Å². The van der Waals surface area contributed by atoms with E-state index in [1.54, 1.807) is 24.0 Å². The number of rotatable bonds is 4. The summed E-state index contributed by atoms with van der Waals surface area (Å²) in [5.74, 6) is -0.821. The molecule has 3 amide bonds. The summed E-state index contributed by atoms with van der Waals surface area (Å²) >= 11 is 0. The van der Waals surface area contributed by atoms with E-state index in [1.165, 1.54) is 6.07 Å². The average Bonchev–Trinajstić information content (AvgIpc) is 2.99. The van der Waals surface area contributed by atoms with Crippen LogP contribution in [0.1, 0.15) is 42.6 Å². The Kier molecular flexibility index (Phi) is 4.98. The van der Waals surface area contributed by atoms with Gasteiger partial charge in [-0.25, -0.2) is 4.39 Å². The minimum Gasteiger partial charge on any atom is -0.347 e. The second-order valence-electron chi connectivity index (χ2n) is 7.57. The molecule has 6 nitrogen and oxygen atoms in total. The highest BCUT2D eigenvalue weighted by atomic mass is 19.1. The van der Waals surface area contributed by atoms with Gasteiger partial charge in [-0.1, -0.05) is 19.9 Å². The van der Waals surface area contributed by atoms with Gasteiger partial charge in [0.25, 0.3) is 5.91 Å². The molecule has 0 unspecified atom stereocenters. The van der Waals surface area contributed by atoms with Gasteiger partial charge in [-0.2, -0.15) is 0 Å². The SMILES string of the molecule is Cc1ccc(C(=O)N[C@H]2C[C@H]3C(=O)N[C@@H](CC(C)C)C(=O)N3C2)cc1F. The number of hydrogen-bond donors (Lipinski definition) is 2. The number of hydrogen-bond acceptors (Lipinski definition) is 3. The van der Waals surface area contributed by atoms with Gasteiger partial charge >= 0.3 is 0 Å². The standard InChI is InChI=1S/C19H24FN3O3/c1-10(2)6-15-19(26)23-9-13(8-16(23)18(25)22-15)21-17(24)12-5-4-11(3)14(20)7-12/h4-5,7,10,13,15-16H,6,8-9H2,1-3H3,(H,21,24)(H,22,25)/t13-,15-,16-/m0/s1. The van der Waals surface area contributed by atoms with Crippen LogP contribution in [0.5, 0.6) is 0 Å². The normalized spacial score (nSPS) is 25.3. The van der Waals surface area contributed by atoms with Gasteiger partial charge in [0, 0.05) is 18.2 Å². The first-order valence-corrected chi connectivity index (χ1v) is 8.94. The quantitative estimate of drug-likeness (QED) is 0.850. The summed E-state index contributed by atoms with van der Waals surface area (Å²) in [6.45, 7) is 5.92. The molecule has 2 N–H and O–H groups in total. The summed E-state index contributed by atoms with van der Waals surface area (Å²) in [7, 11) is 0. The smallest absolute Gasteiger partial charge is 0.251 e. The molecule has 0 bridgehead atoms. The summed E-state index contributed by atoms with van der Waals surface area (Å²) < 4.78 is 13.7. The first-order valence-electron chi connectivity index (χ1n) is 8.94. The fourth-order valence-corrected chi connectivity index (χ4v) is 3.60. The molecule has 0 spiro atoms. The Balaban J connectivity index is 1.67. The van der Waals surface area contributed by atoms with Crippen LogP contribution < -0.4 is 10.6 Å². The lowest BCUT2D eigenvalue weighted by atomic mass is 9.99. The van der Waals surface area contributed by atoms with E-state index in [0.717, 1.165) is 0 Å². The molecule has 2 saturated heterocycles. The fourth-order valence-electron chi connectivity index (χ4n) is 3.60. The molecule has 2 aliphatic heterocycles. The highest BCUT2D eigenvalue weighted by Gasteiger charge is 2.46. The number of benzene rings is 1. The van der Waals surface area contributed by atoms with Gasteiger partial charge in [0.2, 0.25) is 11.8 Å². The maximum atomic E-state index is 13.7. The van der Waals surface area contributed by atoms with Gasteiger partial charge in [0.1, 0.15) is 17.9 Å². The maximum Gasteiger partial charge on any atom is 0.251 e. The van der Waals surface area contributed by atoms with Crippen molar-refractivity contribution in [2.75, 3.05) is 6.54 Å². The van der Waals surface area contributed by atoms with E-state index in [0.29, 0.717) is 24.9 Å². The van der Waals surface area contributed by atoms with Crippen molar-refractivity contribution in [3.05, 3.63) is 35.1 Å². The van der Waals surface area contributed by atoms with Crippen molar-refractivity contribution in [3.8, 4) is 0 Å². The number of aryl methyl sites for hydroxylation is 1. The molecule has 7 heteroatoms. The molecule has 0 radical (unpaired) electrons.